The summed E-state index contributed by atoms with van der Waals surface area (Å²) in [5.74, 6) is -0.688. The van der Waals surface area contributed by atoms with Gasteiger partial charge in [-0.3, -0.25) is 14.5 Å². The number of aryl methyl sites for hydroxylation is 1. The molecular weight excluding hydrogens is 184 g/mol. The monoisotopic (exact) mass is 194 g/mol. The number of carboxylic acids is 1. The van der Waals surface area contributed by atoms with E-state index in [9.17, 15) is 9.59 Å². The van der Waals surface area contributed by atoms with E-state index in [1.54, 1.807) is 19.1 Å². The lowest BCUT2D eigenvalue weighted by Crippen LogP contribution is -2.29. The molecule has 0 saturated carbocycles. The Balaban J connectivity index is 2.94. The average Bonchev–Trinajstić information content (AvgIpc) is 2.15. The summed E-state index contributed by atoms with van der Waals surface area (Å²) in [7, 11) is 0. The molecule has 0 fully saturated rings. The molecule has 0 aliphatic heterocycles. The SMILES string of the molecule is Cc1cccnc1N(C=O)CC(=O)O. The number of anilines is 1. The summed E-state index contributed by atoms with van der Waals surface area (Å²) in [5, 5.41) is 8.54. The molecule has 0 saturated heterocycles. The number of carbonyl (C=O) groups excluding carboxylic acids is 1. The molecule has 1 heterocycles. The lowest BCUT2D eigenvalue weighted by Gasteiger charge is -2.15. The molecule has 74 valence electrons. The Morgan fingerprint density at radius 1 is 1.71 bits per heavy atom. The second kappa shape index (κ2) is 4.36. The van der Waals surface area contributed by atoms with Crippen molar-refractivity contribution >= 4 is 18.2 Å². The normalized spacial score (nSPS) is 9.50. The van der Waals surface area contributed by atoms with Gasteiger partial charge in [0.15, 0.2) is 0 Å². The molecule has 0 aliphatic rings. The van der Waals surface area contributed by atoms with Gasteiger partial charge in [0.2, 0.25) is 6.41 Å². The molecule has 14 heavy (non-hydrogen) atoms. The fourth-order valence-electron chi connectivity index (χ4n) is 1.09. The van der Waals surface area contributed by atoms with Crippen LogP contribution in [0.15, 0.2) is 18.3 Å². The number of rotatable bonds is 4. The van der Waals surface area contributed by atoms with Crippen molar-refractivity contribution in [3.63, 3.8) is 0 Å². The third-order valence-electron chi connectivity index (χ3n) is 1.69. The highest BCUT2D eigenvalue weighted by atomic mass is 16.4. The van der Waals surface area contributed by atoms with Crippen molar-refractivity contribution in [3.8, 4) is 0 Å². The van der Waals surface area contributed by atoms with Crippen LogP contribution in [0.3, 0.4) is 0 Å². The molecule has 0 atom stereocenters. The van der Waals surface area contributed by atoms with Crippen molar-refractivity contribution in [2.45, 2.75) is 6.92 Å². The number of aromatic nitrogens is 1. The minimum atomic E-state index is -1.07. The van der Waals surface area contributed by atoms with Gasteiger partial charge >= 0.3 is 5.97 Å². The van der Waals surface area contributed by atoms with Gasteiger partial charge < -0.3 is 5.11 Å². The number of nitrogens with zero attached hydrogens (tertiary/aromatic N) is 2. The van der Waals surface area contributed by atoms with Crippen LogP contribution in [0.2, 0.25) is 0 Å². The zero-order valence-electron chi connectivity index (χ0n) is 7.67. The van der Waals surface area contributed by atoms with Gasteiger partial charge in [-0.25, -0.2) is 4.98 Å². The molecular formula is C9H10N2O3. The first-order valence-electron chi connectivity index (χ1n) is 4.00. The van der Waals surface area contributed by atoms with Crippen molar-refractivity contribution in [2.75, 3.05) is 11.4 Å². The molecule has 0 spiro atoms. The van der Waals surface area contributed by atoms with Gasteiger partial charge in [0.1, 0.15) is 12.4 Å². The highest BCUT2D eigenvalue weighted by Crippen LogP contribution is 2.13. The molecule has 0 bridgehead atoms. The number of hydrogen-bond acceptors (Lipinski definition) is 3. The van der Waals surface area contributed by atoms with Crippen LogP contribution in [-0.2, 0) is 9.59 Å². The van der Waals surface area contributed by atoms with Gasteiger partial charge in [-0.05, 0) is 18.6 Å². The molecule has 0 aromatic carbocycles. The van der Waals surface area contributed by atoms with Gasteiger partial charge in [0.05, 0.1) is 0 Å². The second-order valence-electron chi connectivity index (χ2n) is 2.77. The number of amides is 1. The Bertz CT molecular complexity index is 352. The van der Waals surface area contributed by atoms with Crippen molar-refractivity contribution in [1.29, 1.82) is 0 Å². The largest absolute Gasteiger partial charge is 0.480 e. The first-order chi connectivity index (χ1) is 6.65. The van der Waals surface area contributed by atoms with Gasteiger partial charge in [-0.2, -0.15) is 0 Å². The lowest BCUT2D eigenvalue weighted by molar-refractivity contribution is -0.136. The van der Waals surface area contributed by atoms with Crippen molar-refractivity contribution in [1.82, 2.24) is 4.98 Å². The summed E-state index contributed by atoms with van der Waals surface area (Å²) in [6.07, 6.45) is 1.98. The van der Waals surface area contributed by atoms with Crippen molar-refractivity contribution in [3.05, 3.63) is 23.9 Å². The van der Waals surface area contributed by atoms with Crippen LogP contribution in [0.25, 0.3) is 0 Å². The molecule has 0 aliphatic carbocycles. The summed E-state index contributed by atoms with van der Waals surface area (Å²) in [6.45, 7) is 1.39. The van der Waals surface area contributed by atoms with Gasteiger partial charge in [0, 0.05) is 6.20 Å². The highest BCUT2D eigenvalue weighted by molar-refractivity contribution is 5.84. The minimum Gasteiger partial charge on any atom is -0.480 e. The maximum Gasteiger partial charge on any atom is 0.323 e. The fraction of sp³-hybridized carbons (Fsp3) is 0.222. The van der Waals surface area contributed by atoms with Crippen LogP contribution in [0.4, 0.5) is 5.82 Å². The van der Waals surface area contributed by atoms with Crippen LogP contribution < -0.4 is 4.90 Å². The predicted molar refractivity (Wildman–Crippen MR) is 50.0 cm³/mol. The third kappa shape index (κ3) is 2.29. The Labute approximate surface area is 81.0 Å². The summed E-state index contributed by atoms with van der Waals surface area (Å²) in [6, 6.07) is 3.49. The van der Waals surface area contributed by atoms with Crippen LogP contribution >= 0.6 is 0 Å². The Kier molecular flexibility index (Phi) is 3.17. The topological polar surface area (TPSA) is 70.5 Å². The first kappa shape index (κ1) is 10.2. The lowest BCUT2D eigenvalue weighted by atomic mass is 10.3. The molecule has 5 nitrogen and oxygen atoms in total. The maximum absolute atomic E-state index is 10.6. The first-order valence-corrected chi connectivity index (χ1v) is 4.00. The Morgan fingerprint density at radius 3 is 2.93 bits per heavy atom. The summed E-state index contributed by atoms with van der Waals surface area (Å²) in [5.41, 5.74) is 0.765. The second-order valence-corrected chi connectivity index (χ2v) is 2.77. The molecule has 1 aromatic rings. The Hall–Kier alpha value is -1.91. The van der Waals surface area contributed by atoms with E-state index in [4.69, 9.17) is 5.11 Å². The predicted octanol–water partition coefficient (Wildman–Crippen LogP) is 0.437. The smallest absolute Gasteiger partial charge is 0.323 e. The van der Waals surface area contributed by atoms with Crippen molar-refractivity contribution < 1.29 is 14.7 Å². The summed E-state index contributed by atoms with van der Waals surface area (Å²) in [4.78, 5) is 26.0. The molecule has 5 heteroatoms. The number of carbonyl (C=O) groups is 2. The van der Waals surface area contributed by atoms with Crippen LogP contribution in [0.5, 0.6) is 0 Å². The number of pyridine rings is 1. The molecule has 0 unspecified atom stereocenters. The van der Waals surface area contributed by atoms with E-state index in [1.807, 2.05) is 0 Å². The third-order valence-corrected chi connectivity index (χ3v) is 1.69. The van der Waals surface area contributed by atoms with Gasteiger partial charge in [-0.15, -0.1) is 0 Å². The van der Waals surface area contributed by atoms with E-state index < -0.39 is 5.97 Å². The molecule has 0 radical (unpaired) electrons. The van der Waals surface area contributed by atoms with E-state index in [0.717, 1.165) is 10.5 Å². The van der Waals surface area contributed by atoms with Crippen LogP contribution in [0.1, 0.15) is 5.56 Å². The molecule has 1 N–H and O–H groups in total. The quantitative estimate of drug-likeness (QED) is 0.706. The highest BCUT2D eigenvalue weighted by Gasteiger charge is 2.12. The van der Waals surface area contributed by atoms with E-state index in [2.05, 4.69) is 4.98 Å². The molecule has 1 aromatic heterocycles. The maximum atomic E-state index is 10.6. The number of hydrogen-bond donors (Lipinski definition) is 1. The standard InChI is InChI=1S/C9H10N2O3/c1-7-3-2-4-10-9(7)11(6-12)5-8(13)14/h2-4,6H,5H2,1H3,(H,13,14). The van der Waals surface area contributed by atoms with Crippen LogP contribution in [-0.4, -0.2) is 29.0 Å². The zero-order valence-corrected chi connectivity index (χ0v) is 7.67. The van der Waals surface area contributed by atoms with E-state index in [1.165, 1.54) is 6.20 Å². The Morgan fingerprint density at radius 2 is 2.43 bits per heavy atom. The number of aliphatic carboxylic acids is 1. The zero-order chi connectivity index (χ0) is 10.6. The van der Waals surface area contributed by atoms with Crippen LogP contribution in [0, 0.1) is 6.92 Å². The van der Waals surface area contributed by atoms with E-state index >= 15 is 0 Å². The molecule has 1 rings (SSSR count). The van der Waals surface area contributed by atoms with Gasteiger partial charge in [0.25, 0.3) is 0 Å². The van der Waals surface area contributed by atoms with Gasteiger partial charge in [-0.1, -0.05) is 6.07 Å². The molecule has 1 amide bonds. The van der Waals surface area contributed by atoms with E-state index in [0.29, 0.717) is 12.2 Å². The summed E-state index contributed by atoms with van der Waals surface area (Å²) < 4.78 is 0. The number of carboxylic acid groups (broad SMARTS) is 1. The van der Waals surface area contributed by atoms with Crippen molar-refractivity contribution in [2.24, 2.45) is 0 Å². The minimum absolute atomic E-state index is 0.374. The van der Waals surface area contributed by atoms with E-state index in [-0.39, 0.29) is 6.54 Å². The average molecular weight is 194 g/mol. The fourth-order valence-corrected chi connectivity index (χ4v) is 1.09. The summed E-state index contributed by atoms with van der Waals surface area (Å²) >= 11 is 0.